The van der Waals surface area contributed by atoms with Crippen LogP contribution in [0.15, 0.2) is 65.7 Å². The molecule has 0 atom stereocenters. The Bertz CT molecular complexity index is 977. The lowest BCUT2D eigenvalue weighted by Gasteiger charge is -2.29. The Labute approximate surface area is 174 Å². The van der Waals surface area contributed by atoms with Gasteiger partial charge in [-0.05, 0) is 55.8 Å². The summed E-state index contributed by atoms with van der Waals surface area (Å²) in [7, 11) is 0. The second-order valence-electron chi connectivity index (χ2n) is 7.20. The highest BCUT2D eigenvalue weighted by Gasteiger charge is 2.26. The van der Waals surface area contributed by atoms with Gasteiger partial charge >= 0.3 is 0 Å². The predicted octanol–water partition coefficient (Wildman–Crippen LogP) is 5.98. The Balaban J connectivity index is 1.66. The van der Waals surface area contributed by atoms with E-state index in [-0.39, 0.29) is 5.78 Å². The highest BCUT2D eigenvalue weighted by molar-refractivity contribution is 7.13. The summed E-state index contributed by atoms with van der Waals surface area (Å²) >= 11 is 3.47. The van der Waals surface area contributed by atoms with Crippen molar-refractivity contribution in [3.05, 3.63) is 90.8 Å². The summed E-state index contributed by atoms with van der Waals surface area (Å²) in [5.41, 5.74) is 3.03. The van der Waals surface area contributed by atoms with Crippen LogP contribution in [0.25, 0.3) is 12.2 Å². The number of rotatable bonds is 4. The fourth-order valence-electron chi connectivity index (χ4n) is 3.47. The van der Waals surface area contributed by atoms with Crippen molar-refractivity contribution in [2.24, 2.45) is 0 Å². The average Bonchev–Trinajstić information content (AvgIpc) is 3.27. The van der Waals surface area contributed by atoms with Crippen LogP contribution in [-0.2, 0) is 11.3 Å². The SMILES string of the molecule is Cc1ccc(/C=C2\CN(Cc3ccccc3)C/C(=C\c3ccc(C)s3)C2=O)s1. The Hall–Kier alpha value is -2.27. The van der Waals surface area contributed by atoms with Gasteiger partial charge in [0.15, 0.2) is 5.78 Å². The Morgan fingerprint density at radius 1 is 0.821 bits per heavy atom. The number of nitrogens with zero attached hydrogens (tertiary/aromatic N) is 1. The first-order chi connectivity index (χ1) is 13.6. The number of hydrogen-bond donors (Lipinski definition) is 0. The van der Waals surface area contributed by atoms with Gasteiger partial charge < -0.3 is 0 Å². The molecular formula is C24H23NOS2. The quantitative estimate of drug-likeness (QED) is 0.498. The number of thiophene rings is 2. The number of Topliss-reactive ketones (excluding diaryl/α,β-unsaturated/α-hetero) is 1. The van der Waals surface area contributed by atoms with Crippen LogP contribution in [0.3, 0.4) is 0 Å². The second-order valence-corrected chi connectivity index (χ2v) is 9.83. The lowest BCUT2D eigenvalue weighted by Crippen LogP contribution is -2.37. The maximum Gasteiger partial charge on any atom is 0.187 e. The van der Waals surface area contributed by atoms with Crippen LogP contribution in [0.5, 0.6) is 0 Å². The van der Waals surface area contributed by atoms with Gasteiger partial charge in [-0.1, -0.05) is 30.3 Å². The largest absolute Gasteiger partial charge is 0.290 e. The molecule has 1 fully saturated rings. The molecule has 0 spiro atoms. The third-order valence-corrected chi connectivity index (χ3v) is 6.67. The normalized spacial score (nSPS) is 18.3. The topological polar surface area (TPSA) is 20.3 Å². The molecular weight excluding hydrogens is 382 g/mol. The van der Waals surface area contributed by atoms with E-state index in [4.69, 9.17) is 0 Å². The summed E-state index contributed by atoms with van der Waals surface area (Å²) in [6.07, 6.45) is 4.15. The van der Waals surface area contributed by atoms with E-state index < -0.39 is 0 Å². The minimum absolute atomic E-state index is 0.182. The maximum absolute atomic E-state index is 13.2. The van der Waals surface area contributed by atoms with Gasteiger partial charge in [-0.2, -0.15) is 0 Å². The highest BCUT2D eigenvalue weighted by Crippen LogP contribution is 2.27. The van der Waals surface area contributed by atoms with E-state index in [2.05, 4.69) is 79.4 Å². The first-order valence-corrected chi connectivity index (χ1v) is 11.0. The zero-order valence-corrected chi connectivity index (χ0v) is 17.8. The molecule has 2 aromatic heterocycles. The van der Waals surface area contributed by atoms with Gasteiger partial charge in [0.1, 0.15) is 0 Å². The van der Waals surface area contributed by atoms with E-state index in [9.17, 15) is 4.79 Å². The van der Waals surface area contributed by atoms with Crippen LogP contribution in [-0.4, -0.2) is 23.8 Å². The smallest absolute Gasteiger partial charge is 0.187 e. The number of piperidine rings is 1. The lowest BCUT2D eigenvalue weighted by atomic mass is 9.96. The van der Waals surface area contributed by atoms with Gasteiger partial charge in [-0.3, -0.25) is 9.69 Å². The van der Waals surface area contributed by atoms with Gasteiger partial charge in [-0.15, -0.1) is 22.7 Å². The number of carbonyl (C=O) groups excluding carboxylic acids is 1. The zero-order chi connectivity index (χ0) is 19.5. The summed E-state index contributed by atoms with van der Waals surface area (Å²) in [5.74, 6) is 0.182. The molecule has 3 aromatic rings. The van der Waals surface area contributed by atoms with Crippen LogP contribution < -0.4 is 0 Å². The number of carbonyl (C=O) groups is 1. The summed E-state index contributed by atoms with van der Waals surface area (Å²) in [6, 6.07) is 18.9. The van der Waals surface area contributed by atoms with Crippen LogP contribution in [0, 0.1) is 13.8 Å². The van der Waals surface area contributed by atoms with Crippen molar-refractivity contribution in [1.82, 2.24) is 4.90 Å². The van der Waals surface area contributed by atoms with Crippen LogP contribution in [0.2, 0.25) is 0 Å². The molecule has 1 aromatic carbocycles. The molecule has 4 heteroatoms. The van der Waals surface area contributed by atoms with Crippen molar-refractivity contribution in [2.45, 2.75) is 20.4 Å². The molecule has 142 valence electrons. The van der Waals surface area contributed by atoms with Crippen molar-refractivity contribution >= 4 is 40.6 Å². The van der Waals surface area contributed by atoms with E-state index in [1.165, 1.54) is 15.3 Å². The monoisotopic (exact) mass is 405 g/mol. The molecule has 28 heavy (non-hydrogen) atoms. The van der Waals surface area contributed by atoms with Crippen molar-refractivity contribution in [2.75, 3.05) is 13.1 Å². The number of likely N-dealkylation sites (tertiary alicyclic amines) is 1. The number of benzene rings is 1. The van der Waals surface area contributed by atoms with Crippen LogP contribution >= 0.6 is 22.7 Å². The molecule has 1 aliphatic heterocycles. The molecule has 0 N–H and O–H groups in total. The lowest BCUT2D eigenvalue weighted by molar-refractivity contribution is -0.113. The third-order valence-electron chi connectivity index (χ3n) is 4.78. The average molecular weight is 406 g/mol. The number of ketones is 1. The van der Waals surface area contributed by atoms with Crippen molar-refractivity contribution in [3.8, 4) is 0 Å². The first-order valence-electron chi connectivity index (χ1n) is 9.42. The summed E-state index contributed by atoms with van der Waals surface area (Å²) < 4.78 is 0. The molecule has 0 bridgehead atoms. The molecule has 0 saturated carbocycles. The Morgan fingerprint density at radius 3 is 1.82 bits per heavy atom. The standard InChI is InChI=1S/C24H23NOS2/c1-17-8-10-22(27-17)12-20-15-25(14-19-6-4-3-5-7-19)16-21(24(20)26)13-23-11-9-18(2)28-23/h3-13H,14-16H2,1-2H3/b20-12+,21-13+. The molecule has 1 saturated heterocycles. The minimum atomic E-state index is 0.182. The third kappa shape index (κ3) is 4.58. The molecule has 2 nitrogen and oxygen atoms in total. The van der Waals surface area contributed by atoms with Gasteiger partial charge in [-0.25, -0.2) is 0 Å². The van der Waals surface area contributed by atoms with Crippen molar-refractivity contribution in [3.63, 3.8) is 0 Å². The molecule has 0 unspecified atom stereocenters. The fraction of sp³-hybridized carbons (Fsp3) is 0.208. The van der Waals surface area contributed by atoms with Crippen LogP contribution in [0.1, 0.15) is 25.1 Å². The molecule has 0 aliphatic carbocycles. The van der Waals surface area contributed by atoms with E-state index in [0.29, 0.717) is 13.1 Å². The van der Waals surface area contributed by atoms with E-state index in [1.54, 1.807) is 22.7 Å². The van der Waals surface area contributed by atoms with E-state index >= 15 is 0 Å². The van der Waals surface area contributed by atoms with Gasteiger partial charge in [0, 0.05) is 50.3 Å². The number of aryl methyl sites for hydroxylation is 2. The molecule has 3 heterocycles. The van der Waals surface area contributed by atoms with E-state index in [1.807, 2.05) is 6.07 Å². The fourth-order valence-corrected chi connectivity index (χ4v) is 5.16. The summed E-state index contributed by atoms with van der Waals surface area (Å²) in [6.45, 7) is 6.41. The Kier molecular flexibility index (Phi) is 5.72. The number of hydrogen-bond acceptors (Lipinski definition) is 4. The molecule has 4 rings (SSSR count). The first kappa shape index (κ1) is 19.1. The zero-order valence-electron chi connectivity index (χ0n) is 16.1. The maximum atomic E-state index is 13.2. The molecule has 1 aliphatic rings. The van der Waals surface area contributed by atoms with E-state index in [0.717, 1.165) is 27.4 Å². The molecule has 0 amide bonds. The van der Waals surface area contributed by atoms with Gasteiger partial charge in [0.05, 0.1) is 0 Å². The predicted molar refractivity (Wildman–Crippen MR) is 121 cm³/mol. The summed E-state index contributed by atoms with van der Waals surface area (Å²) in [4.78, 5) is 20.4. The molecule has 0 radical (unpaired) electrons. The van der Waals surface area contributed by atoms with Gasteiger partial charge in [0.25, 0.3) is 0 Å². The Morgan fingerprint density at radius 2 is 1.36 bits per heavy atom. The van der Waals surface area contributed by atoms with Gasteiger partial charge in [0.2, 0.25) is 0 Å². The van der Waals surface area contributed by atoms with Crippen molar-refractivity contribution < 1.29 is 4.79 Å². The second kappa shape index (κ2) is 8.39. The van der Waals surface area contributed by atoms with Crippen molar-refractivity contribution in [1.29, 1.82) is 0 Å². The van der Waals surface area contributed by atoms with Crippen LogP contribution in [0.4, 0.5) is 0 Å². The minimum Gasteiger partial charge on any atom is -0.290 e. The summed E-state index contributed by atoms with van der Waals surface area (Å²) in [5, 5.41) is 0. The highest BCUT2D eigenvalue weighted by atomic mass is 32.1.